The predicted molar refractivity (Wildman–Crippen MR) is 73.4 cm³/mol. The largest absolute Gasteiger partial charge is 0.273 e. The lowest BCUT2D eigenvalue weighted by molar-refractivity contribution is -0.121. The molecule has 1 rings (SSSR count). The number of hydrogen-bond acceptors (Lipinski definition) is 3. The van der Waals surface area contributed by atoms with E-state index in [-0.39, 0.29) is 5.91 Å². The van der Waals surface area contributed by atoms with E-state index in [4.69, 9.17) is 0 Å². The lowest BCUT2D eigenvalue weighted by atomic mass is 10.1. The quantitative estimate of drug-likeness (QED) is 0.429. The Bertz CT molecular complexity index is 333. The molecule has 0 radical (unpaired) electrons. The van der Waals surface area contributed by atoms with E-state index in [1.54, 1.807) is 17.6 Å². The van der Waals surface area contributed by atoms with Gasteiger partial charge in [0, 0.05) is 12.0 Å². The third-order valence-corrected chi connectivity index (χ3v) is 3.15. The van der Waals surface area contributed by atoms with Gasteiger partial charge in [-0.3, -0.25) is 4.79 Å². The summed E-state index contributed by atoms with van der Waals surface area (Å²) in [4.78, 5) is 11.4. The molecule has 0 aliphatic carbocycles. The molecular formula is C13H20N2OS. The minimum Gasteiger partial charge on any atom is -0.273 e. The summed E-state index contributed by atoms with van der Waals surface area (Å²) in [5.74, 6) is 0.00739. The number of unbranched alkanes of at least 4 members (excludes halogenated alkanes) is 4. The molecule has 1 aromatic heterocycles. The van der Waals surface area contributed by atoms with Crippen molar-refractivity contribution in [3.05, 3.63) is 22.4 Å². The van der Waals surface area contributed by atoms with Crippen LogP contribution in [-0.4, -0.2) is 12.1 Å². The first-order chi connectivity index (χ1) is 8.33. The lowest BCUT2D eigenvalue weighted by Gasteiger charge is -1.99. The van der Waals surface area contributed by atoms with Crippen LogP contribution < -0.4 is 5.43 Å². The molecule has 4 heteroatoms. The van der Waals surface area contributed by atoms with Crippen molar-refractivity contribution in [2.45, 2.75) is 45.4 Å². The van der Waals surface area contributed by atoms with E-state index < -0.39 is 0 Å². The monoisotopic (exact) mass is 252 g/mol. The number of nitrogens with zero attached hydrogens (tertiary/aromatic N) is 1. The zero-order chi connectivity index (χ0) is 12.3. The van der Waals surface area contributed by atoms with Gasteiger partial charge in [-0.2, -0.15) is 16.4 Å². The van der Waals surface area contributed by atoms with Crippen LogP contribution >= 0.6 is 11.3 Å². The summed E-state index contributed by atoms with van der Waals surface area (Å²) in [6.07, 6.45) is 8.06. The van der Waals surface area contributed by atoms with Gasteiger partial charge in [-0.05, 0) is 23.2 Å². The van der Waals surface area contributed by atoms with Crippen LogP contribution in [0, 0.1) is 0 Å². The van der Waals surface area contributed by atoms with E-state index in [0.29, 0.717) is 6.42 Å². The summed E-state index contributed by atoms with van der Waals surface area (Å²) >= 11 is 1.62. The lowest BCUT2D eigenvalue weighted by Crippen LogP contribution is -2.16. The van der Waals surface area contributed by atoms with Gasteiger partial charge in [-0.15, -0.1) is 0 Å². The normalized spacial score (nSPS) is 10.9. The van der Waals surface area contributed by atoms with Gasteiger partial charge in [-0.25, -0.2) is 5.43 Å². The van der Waals surface area contributed by atoms with Crippen molar-refractivity contribution >= 4 is 23.5 Å². The van der Waals surface area contributed by atoms with Crippen molar-refractivity contribution in [1.29, 1.82) is 0 Å². The van der Waals surface area contributed by atoms with Crippen LogP contribution in [0.4, 0.5) is 0 Å². The number of carbonyl (C=O) groups excluding carboxylic acids is 1. The van der Waals surface area contributed by atoms with Crippen molar-refractivity contribution in [2.75, 3.05) is 0 Å². The molecule has 1 heterocycles. The Labute approximate surface area is 107 Å². The maximum atomic E-state index is 11.4. The van der Waals surface area contributed by atoms with Crippen LogP contribution in [0.1, 0.15) is 51.0 Å². The maximum Gasteiger partial charge on any atom is 0.240 e. The first-order valence-electron chi connectivity index (χ1n) is 6.17. The minimum absolute atomic E-state index is 0.00739. The van der Waals surface area contributed by atoms with E-state index in [2.05, 4.69) is 17.5 Å². The SMILES string of the molecule is CCCCCCCC(=O)NN=Cc1ccsc1. The van der Waals surface area contributed by atoms with Gasteiger partial charge in [0.25, 0.3) is 0 Å². The Morgan fingerprint density at radius 3 is 2.94 bits per heavy atom. The molecule has 0 aliphatic heterocycles. The number of hydrogen-bond donors (Lipinski definition) is 1. The molecule has 0 aliphatic rings. The molecule has 0 atom stereocenters. The zero-order valence-electron chi connectivity index (χ0n) is 10.3. The first kappa shape index (κ1) is 13.9. The van der Waals surface area contributed by atoms with Crippen LogP contribution in [0.15, 0.2) is 21.9 Å². The molecule has 1 N–H and O–H groups in total. The fourth-order valence-corrected chi connectivity index (χ4v) is 2.08. The Hall–Kier alpha value is -1.16. The second-order valence-electron chi connectivity index (χ2n) is 4.01. The Balaban J connectivity index is 2.05. The van der Waals surface area contributed by atoms with Gasteiger partial charge >= 0.3 is 0 Å². The molecule has 0 unspecified atom stereocenters. The molecule has 94 valence electrons. The van der Waals surface area contributed by atoms with Crippen molar-refractivity contribution in [3.63, 3.8) is 0 Å². The van der Waals surface area contributed by atoms with Crippen molar-refractivity contribution in [2.24, 2.45) is 5.10 Å². The molecule has 0 aromatic carbocycles. The van der Waals surface area contributed by atoms with Crippen LogP contribution in [0.5, 0.6) is 0 Å². The fraction of sp³-hybridized carbons (Fsp3) is 0.538. The number of thiophene rings is 1. The fourth-order valence-electron chi connectivity index (χ4n) is 1.47. The smallest absolute Gasteiger partial charge is 0.240 e. The molecule has 1 amide bonds. The Kier molecular flexibility index (Phi) is 7.30. The number of carbonyl (C=O) groups is 1. The maximum absolute atomic E-state index is 11.4. The van der Waals surface area contributed by atoms with Crippen LogP contribution in [0.25, 0.3) is 0 Å². The highest BCUT2D eigenvalue weighted by Gasteiger charge is 1.98. The number of rotatable bonds is 8. The molecule has 17 heavy (non-hydrogen) atoms. The van der Waals surface area contributed by atoms with Gasteiger partial charge in [0.1, 0.15) is 0 Å². The van der Waals surface area contributed by atoms with Gasteiger partial charge in [-0.1, -0.05) is 32.6 Å². The van der Waals surface area contributed by atoms with E-state index in [1.165, 1.54) is 19.3 Å². The predicted octanol–water partition coefficient (Wildman–Crippen LogP) is 3.56. The topological polar surface area (TPSA) is 41.5 Å². The van der Waals surface area contributed by atoms with E-state index in [9.17, 15) is 4.79 Å². The average Bonchev–Trinajstić information content (AvgIpc) is 2.82. The number of nitrogens with one attached hydrogen (secondary N) is 1. The summed E-state index contributed by atoms with van der Waals surface area (Å²) in [6.45, 7) is 2.19. The Morgan fingerprint density at radius 2 is 2.24 bits per heavy atom. The second kappa shape index (κ2) is 8.93. The minimum atomic E-state index is 0.00739. The van der Waals surface area contributed by atoms with Crippen molar-refractivity contribution in [1.82, 2.24) is 5.43 Å². The Morgan fingerprint density at radius 1 is 1.41 bits per heavy atom. The molecule has 3 nitrogen and oxygen atoms in total. The summed E-state index contributed by atoms with van der Waals surface area (Å²) in [6, 6.07) is 1.96. The van der Waals surface area contributed by atoms with Gasteiger partial charge in [0.15, 0.2) is 0 Å². The number of hydrazone groups is 1. The summed E-state index contributed by atoms with van der Waals surface area (Å²) in [7, 11) is 0. The van der Waals surface area contributed by atoms with E-state index in [0.717, 1.165) is 18.4 Å². The third kappa shape index (κ3) is 6.89. The van der Waals surface area contributed by atoms with Gasteiger partial charge in [0.2, 0.25) is 5.91 Å². The van der Waals surface area contributed by atoms with Crippen LogP contribution in [-0.2, 0) is 4.79 Å². The molecule has 0 saturated carbocycles. The second-order valence-corrected chi connectivity index (χ2v) is 4.79. The van der Waals surface area contributed by atoms with Crippen LogP contribution in [0.2, 0.25) is 0 Å². The van der Waals surface area contributed by atoms with Crippen molar-refractivity contribution in [3.8, 4) is 0 Å². The zero-order valence-corrected chi connectivity index (χ0v) is 11.1. The summed E-state index contributed by atoms with van der Waals surface area (Å²) in [5, 5.41) is 7.88. The standard InChI is InChI=1S/C13H20N2OS/c1-2-3-4-5-6-7-13(16)15-14-10-12-8-9-17-11-12/h8-11H,2-7H2,1H3,(H,15,16). The van der Waals surface area contributed by atoms with Gasteiger partial charge in [0.05, 0.1) is 6.21 Å². The highest BCUT2D eigenvalue weighted by molar-refractivity contribution is 7.08. The highest BCUT2D eigenvalue weighted by atomic mass is 32.1. The molecule has 0 saturated heterocycles. The molecule has 0 fully saturated rings. The van der Waals surface area contributed by atoms with Crippen molar-refractivity contribution < 1.29 is 4.79 Å². The molecule has 1 aromatic rings. The van der Waals surface area contributed by atoms with Gasteiger partial charge < -0.3 is 0 Å². The summed E-state index contributed by atoms with van der Waals surface area (Å²) in [5.41, 5.74) is 3.57. The summed E-state index contributed by atoms with van der Waals surface area (Å²) < 4.78 is 0. The van der Waals surface area contributed by atoms with E-state index in [1.807, 2.05) is 16.8 Å². The highest BCUT2D eigenvalue weighted by Crippen LogP contribution is 2.05. The third-order valence-electron chi connectivity index (χ3n) is 2.45. The first-order valence-corrected chi connectivity index (χ1v) is 7.11. The molecular weight excluding hydrogens is 232 g/mol. The van der Waals surface area contributed by atoms with Crippen LogP contribution in [0.3, 0.4) is 0 Å². The molecule has 0 bridgehead atoms. The van der Waals surface area contributed by atoms with E-state index >= 15 is 0 Å². The molecule has 0 spiro atoms. The number of amides is 1. The average molecular weight is 252 g/mol.